The number of thiol groups is 1. The number of para-hydroxylation sites is 2. The van der Waals surface area contributed by atoms with Gasteiger partial charge >= 0.3 is 0 Å². The van der Waals surface area contributed by atoms with Gasteiger partial charge in [-0.3, -0.25) is 0 Å². The molecule has 0 saturated heterocycles. The molecule has 0 aliphatic heterocycles. The SMILES string of the molecule is CCCCCCCCCc1ccccc1OCCOP(=S)(S)OCCOc1ccccc1CCCCCCCCC. The number of benzene rings is 2. The van der Waals surface area contributed by atoms with Crippen LogP contribution in [0, 0.1) is 0 Å². The quantitative estimate of drug-likeness (QED) is 0.0642. The Morgan fingerprint density at radius 3 is 1.32 bits per heavy atom. The highest BCUT2D eigenvalue weighted by Crippen LogP contribution is 2.53. The Morgan fingerprint density at radius 1 is 0.537 bits per heavy atom. The predicted molar refractivity (Wildman–Crippen MR) is 182 cm³/mol. The molecule has 0 fully saturated rings. The van der Waals surface area contributed by atoms with Crippen molar-refractivity contribution in [1.82, 2.24) is 0 Å². The highest BCUT2D eigenvalue weighted by Gasteiger charge is 2.14. The average molecular weight is 623 g/mol. The van der Waals surface area contributed by atoms with E-state index in [0.29, 0.717) is 26.4 Å². The van der Waals surface area contributed by atoms with Gasteiger partial charge in [0.15, 0.2) is 0 Å². The molecule has 0 saturated carbocycles. The summed E-state index contributed by atoms with van der Waals surface area (Å²) in [5.41, 5.74) is -0.145. The van der Waals surface area contributed by atoms with Gasteiger partial charge in [0.2, 0.25) is 5.69 Å². The molecule has 41 heavy (non-hydrogen) atoms. The summed E-state index contributed by atoms with van der Waals surface area (Å²) < 4.78 is 23.7. The van der Waals surface area contributed by atoms with Crippen molar-refractivity contribution in [3.8, 4) is 11.5 Å². The van der Waals surface area contributed by atoms with E-state index in [1.807, 2.05) is 24.3 Å². The van der Waals surface area contributed by atoms with Gasteiger partial charge in [-0.25, -0.2) is 0 Å². The van der Waals surface area contributed by atoms with E-state index in [2.05, 4.69) is 50.4 Å². The fourth-order valence-corrected chi connectivity index (χ4v) is 6.52. The molecule has 7 heteroatoms. The molecule has 0 aliphatic carbocycles. The second kappa shape index (κ2) is 23.4. The number of hydrogen-bond acceptors (Lipinski definition) is 5. The second-order valence-corrected chi connectivity index (χ2v) is 16.1. The van der Waals surface area contributed by atoms with Crippen LogP contribution in [0.1, 0.15) is 115 Å². The zero-order valence-electron chi connectivity index (χ0n) is 25.7. The summed E-state index contributed by atoms with van der Waals surface area (Å²) in [7, 11) is 0. The molecule has 0 aromatic heterocycles. The Bertz CT molecular complexity index is 898. The Kier molecular flexibility index (Phi) is 20.7. The molecule has 0 unspecified atom stereocenters. The Morgan fingerprint density at radius 2 is 0.902 bits per heavy atom. The molecule has 2 aromatic carbocycles. The molecule has 0 aliphatic rings. The minimum Gasteiger partial charge on any atom is -0.491 e. The highest BCUT2D eigenvalue weighted by atomic mass is 32.9. The van der Waals surface area contributed by atoms with Crippen LogP contribution in [0.15, 0.2) is 48.5 Å². The maximum atomic E-state index is 6.04. The van der Waals surface area contributed by atoms with Crippen molar-refractivity contribution in [2.75, 3.05) is 26.4 Å². The standard InChI is InChI=1S/C34H55O4PS2/c1-3-5-7-9-11-13-15-21-31-23-17-19-25-33(31)35-27-29-37-39(40,41)38-30-28-36-34-26-20-18-24-32(34)22-16-14-12-10-8-6-4-2/h17-20,23-26H,3-16,21-22,27-30H2,1-2H3,(H,40,41). The fourth-order valence-electron chi connectivity index (χ4n) is 4.89. The number of unbranched alkanes of at least 4 members (excludes halogenated alkanes) is 12. The van der Waals surface area contributed by atoms with Crippen LogP contribution < -0.4 is 9.47 Å². The van der Waals surface area contributed by atoms with E-state index in [-0.39, 0.29) is 0 Å². The van der Waals surface area contributed by atoms with E-state index in [4.69, 9.17) is 30.3 Å². The lowest BCUT2D eigenvalue weighted by Crippen LogP contribution is -2.09. The third kappa shape index (κ3) is 17.6. The predicted octanol–water partition coefficient (Wildman–Crippen LogP) is 10.9. The van der Waals surface area contributed by atoms with Crippen molar-refractivity contribution in [1.29, 1.82) is 0 Å². The van der Waals surface area contributed by atoms with Gasteiger partial charge < -0.3 is 18.5 Å². The maximum Gasteiger partial charge on any atom is 0.244 e. The zero-order chi connectivity index (χ0) is 29.4. The van der Waals surface area contributed by atoms with Gasteiger partial charge in [-0.05, 0) is 60.7 Å². The van der Waals surface area contributed by atoms with E-state index in [1.165, 1.54) is 101 Å². The van der Waals surface area contributed by atoms with Crippen LogP contribution in [0.2, 0.25) is 0 Å². The summed E-state index contributed by atoms with van der Waals surface area (Å²) in [6, 6.07) is 16.6. The van der Waals surface area contributed by atoms with Gasteiger partial charge in [-0.1, -0.05) is 140 Å². The Balaban J connectivity index is 1.61. The first-order valence-electron chi connectivity index (χ1n) is 16.1. The molecule has 0 radical (unpaired) electrons. The van der Waals surface area contributed by atoms with Gasteiger partial charge in [0.25, 0.3) is 0 Å². The topological polar surface area (TPSA) is 36.9 Å². The molecule has 232 valence electrons. The van der Waals surface area contributed by atoms with Gasteiger partial charge in [0.05, 0.1) is 13.2 Å². The van der Waals surface area contributed by atoms with Crippen molar-refractivity contribution in [3.05, 3.63) is 59.7 Å². The fraction of sp³-hybridized carbons (Fsp3) is 0.647. The molecule has 4 nitrogen and oxygen atoms in total. The van der Waals surface area contributed by atoms with E-state index in [1.54, 1.807) is 0 Å². The Labute approximate surface area is 261 Å². The normalized spacial score (nSPS) is 11.6. The largest absolute Gasteiger partial charge is 0.491 e. The molecule has 0 amide bonds. The van der Waals surface area contributed by atoms with Gasteiger partial charge in [-0.15, -0.1) is 0 Å². The van der Waals surface area contributed by atoms with Gasteiger partial charge in [0, 0.05) is 0 Å². The van der Waals surface area contributed by atoms with Crippen molar-refractivity contribution in [2.24, 2.45) is 0 Å². The van der Waals surface area contributed by atoms with E-state index in [9.17, 15) is 0 Å². The lowest BCUT2D eigenvalue weighted by atomic mass is 10.0. The molecule has 2 rings (SSSR count). The highest BCUT2D eigenvalue weighted by molar-refractivity contribution is 8.60. The summed E-state index contributed by atoms with van der Waals surface area (Å²) >= 11 is 9.98. The molecule has 0 heterocycles. The van der Waals surface area contributed by atoms with Crippen LogP contribution in [0.5, 0.6) is 11.5 Å². The van der Waals surface area contributed by atoms with E-state index >= 15 is 0 Å². The minimum atomic E-state index is -2.66. The maximum absolute atomic E-state index is 6.04. The lowest BCUT2D eigenvalue weighted by molar-refractivity contribution is 0.182. The summed E-state index contributed by atoms with van der Waals surface area (Å²) in [5, 5.41) is 0. The first kappa shape index (κ1) is 36.2. The average Bonchev–Trinajstić information content (AvgIpc) is 2.98. The van der Waals surface area contributed by atoms with E-state index < -0.39 is 5.69 Å². The summed E-state index contributed by atoms with van der Waals surface area (Å²) in [6.45, 7) is 6.04. The van der Waals surface area contributed by atoms with Gasteiger partial charge in [-0.2, -0.15) is 0 Å². The van der Waals surface area contributed by atoms with Crippen molar-refractivity contribution in [3.63, 3.8) is 0 Å². The second-order valence-electron chi connectivity index (χ2n) is 10.8. The van der Waals surface area contributed by atoms with Crippen LogP contribution in [0.25, 0.3) is 0 Å². The third-order valence-corrected chi connectivity index (χ3v) is 9.58. The number of ether oxygens (including phenoxy) is 2. The monoisotopic (exact) mass is 622 g/mol. The first-order chi connectivity index (χ1) is 20.1. The van der Waals surface area contributed by atoms with Crippen molar-refractivity contribution >= 4 is 29.7 Å². The smallest absolute Gasteiger partial charge is 0.244 e. The molecular formula is C34H55O4PS2. The van der Waals surface area contributed by atoms with Crippen LogP contribution in [-0.4, -0.2) is 26.4 Å². The molecule has 0 bridgehead atoms. The van der Waals surface area contributed by atoms with Crippen molar-refractivity contribution in [2.45, 2.75) is 117 Å². The first-order valence-corrected chi connectivity index (χ1v) is 19.9. The number of aryl methyl sites for hydroxylation is 2. The van der Waals surface area contributed by atoms with Crippen molar-refractivity contribution < 1.29 is 18.5 Å². The van der Waals surface area contributed by atoms with Crippen LogP contribution in [0.3, 0.4) is 0 Å². The van der Waals surface area contributed by atoms with Gasteiger partial charge in [0.1, 0.15) is 24.7 Å². The molecule has 0 N–H and O–H groups in total. The number of rotatable bonds is 26. The van der Waals surface area contributed by atoms with E-state index in [0.717, 1.165) is 24.3 Å². The van der Waals surface area contributed by atoms with Crippen LogP contribution in [0.4, 0.5) is 0 Å². The molecule has 0 spiro atoms. The molecule has 2 aromatic rings. The Hall–Kier alpha value is -1.04. The lowest BCUT2D eigenvalue weighted by Gasteiger charge is -2.18. The summed E-state index contributed by atoms with van der Waals surface area (Å²) in [5.74, 6) is 1.86. The van der Waals surface area contributed by atoms with Crippen LogP contribution in [-0.2, 0) is 33.7 Å². The minimum absolute atomic E-state index is 0.342. The summed E-state index contributed by atoms with van der Waals surface area (Å²) in [4.78, 5) is 0. The molecular weight excluding hydrogens is 567 g/mol. The number of hydrogen-bond donors (Lipinski definition) is 1. The van der Waals surface area contributed by atoms with Crippen LogP contribution >= 0.6 is 17.9 Å². The molecule has 0 atom stereocenters. The summed E-state index contributed by atoms with van der Waals surface area (Å²) in [6.07, 6.45) is 20.4. The zero-order valence-corrected chi connectivity index (χ0v) is 28.3. The third-order valence-electron chi connectivity index (χ3n) is 7.24.